The van der Waals surface area contributed by atoms with Crippen LogP contribution in [0.15, 0.2) is 12.1 Å². The number of aliphatic hydroxyl groups excluding tert-OH is 1. The third-order valence-corrected chi connectivity index (χ3v) is 5.84. The van der Waals surface area contributed by atoms with Gasteiger partial charge in [-0.1, -0.05) is 20.8 Å². The van der Waals surface area contributed by atoms with E-state index in [2.05, 4.69) is 38.7 Å². The van der Waals surface area contributed by atoms with Crippen molar-refractivity contribution in [2.24, 2.45) is 0 Å². The van der Waals surface area contributed by atoms with Gasteiger partial charge in [-0.25, -0.2) is 4.98 Å². The molecule has 0 fully saturated rings. The van der Waals surface area contributed by atoms with Gasteiger partial charge in [0, 0.05) is 21.1 Å². The van der Waals surface area contributed by atoms with Crippen molar-refractivity contribution in [3.8, 4) is 0 Å². The van der Waals surface area contributed by atoms with Crippen LogP contribution >= 0.6 is 22.7 Å². The molecule has 4 heteroatoms. The quantitative estimate of drug-likeness (QED) is 0.910. The van der Waals surface area contributed by atoms with Crippen molar-refractivity contribution in [2.45, 2.75) is 52.6 Å². The van der Waals surface area contributed by atoms with Crippen LogP contribution in [-0.4, -0.2) is 10.1 Å². The van der Waals surface area contributed by atoms with Crippen LogP contribution in [0, 0.1) is 13.8 Å². The van der Waals surface area contributed by atoms with E-state index in [1.807, 2.05) is 13.0 Å². The van der Waals surface area contributed by atoms with Crippen LogP contribution < -0.4 is 0 Å². The smallest absolute Gasteiger partial charge is 0.0960 e. The third kappa shape index (κ3) is 3.44. The number of nitrogens with zero attached hydrogens (tertiary/aromatic N) is 1. The molecule has 1 unspecified atom stereocenters. The molecule has 2 heterocycles. The Morgan fingerprint density at radius 2 is 1.89 bits per heavy atom. The first-order valence-electron chi connectivity index (χ1n) is 6.48. The van der Waals surface area contributed by atoms with Crippen molar-refractivity contribution in [3.63, 3.8) is 0 Å². The minimum Gasteiger partial charge on any atom is -0.387 e. The monoisotopic (exact) mass is 295 g/mol. The Kier molecular flexibility index (Phi) is 4.14. The highest BCUT2D eigenvalue weighted by molar-refractivity contribution is 7.12. The van der Waals surface area contributed by atoms with E-state index >= 15 is 0 Å². The Bertz CT molecular complexity index is 543. The Hall–Kier alpha value is -0.710. The van der Waals surface area contributed by atoms with Crippen LogP contribution in [0.2, 0.25) is 0 Å². The number of hydrogen-bond acceptors (Lipinski definition) is 4. The average molecular weight is 295 g/mol. The summed E-state index contributed by atoms with van der Waals surface area (Å²) in [6.07, 6.45) is 0.176. The molecule has 0 amide bonds. The summed E-state index contributed by atoms with van der Waals surface area (Å²) in [6, 6.07) is 4.17. The zero-order chi connectivity index (χ0) is 14.2. The highest BCUT2D eigenvalue weighted by Gasteiger charge is 2.19. The molecular formula is C15H21NOS2. The predicted octanol–water partition coefficient (Wildman–Crippen LogP) is 4.40. The second kappa shape index (κ2) is 5.35. The first-order chi connectivity index (χ1) is 8.77. The van der Waals surface area contributed by atoms with Gasteiger partial charge in [0.1, 0.15) is 0 Å². The molecule has 19 heavy (non-hydrogen) atoms. The molecule has 0 radical (unpaired) electrons. The number of aromatic nitrogens is 1. The number of aryl methyl sites for hydroxylation is 2. The molecule has 0 aliphatic carbocycles. The second-order valence-electron chi connectivity index (χ2n) is 5.92. The Labute approximate surface area is 123 Å². The maximum atomic E-state index is 10.3. The normalized spacial score (nSPS) is 13.8. The van der Waals surface area contributed by atoms with E-state index in [1.54, 1.807) is 22.7 Å². The largest absolute Gasteiger partial charge is 0.387 e. The molecule has 0 saturated carbocycles. The van der Waals surface area contributed by atoms with Crippen LogP contribution in [0.1, 0.15) is 52.2 Å². The van der Waals surface area contributed by atoms with Crippen LogP contribution in [-0.2, 0) is 11.8 Å². The van der Waals surface area contributed by atoms with Gasteiger partial charge in [-0.15, -0.1) is 22.7 Å². The minimum atomic E-state index is -0.439. The van der Waals surface area contributed by atoms with Crippen molar-refractivity contribution in [3.05, 3.63) is 37.5 Å². The van der Waals surface area contributed by atoms with E-state index in [0.717, 1.165) is 15.6 Å². The van der Waals surface area contributed by atoms with E-state index in [9.17, 15) is 5.11 Å². The van der Waals surface area contributed by atoms with E-state index in [0.29, 0.717) is 6.42 Å². The van der Waals surface area contributed by atoms with Crippen molar-refractivity contribution in [2.75, 3.05) is 0 Å². The van der Waals surface area contributed by atoms with E-state index in [4.69, 9.17) is 0 Å². The molecule has 1 N–H and O–H groups in total. The second-order valence-corrected chi connectivity index (χ2v) is 8.32. The van der Waals surface area contributed by atoms with Crippen molar-refractivity contribution in [1.29, 1.82) is 0 Å². The molecule has 2 aromatic rings. The molecule has 104 valence electrons. The maximum Gasteiger partial charge on any atom is 0.0960 e. The first kappa shape index (κ1) is 14.7. The molecular weight excluding hydrogens is 274 g/mol. The first-order valence-corrected chi connectivity index (χ1v) is 8.12. The molecule has 2 aromatic heterocycles. The summed E-state index contributed by atoms with van der Waals surface area (Å²) >= 11 is 3.39. The lowest BCUT2D eigenvalue weighted by molar-refractivity contribution is 0.182. The van der Waals surface area contributed by atoms with Gasteiger partial charge in [0.2, 0.25) is 0 Å². The molecule has 2 rings (SSSR count). The zero-order valence-electron chi connectivity index (χ0n) is 12.2. The number of rotatable bonds is 3. The Morgan fingerprint density at radius 1 is 1.21 bits per heavy atom. The summed E-state index contributed by atoms with van der Waals surface area (Å²) in [7, 11) is 0. The van der Waals surface area contributed by atoms with Crippen LogP contribution in [0.5, 0.6) is 0 Å². The van der Waals surface area contributed by atoms with Gasteiger partial charge in [-0.05, 0) is 31.4 Å². The Morgan fingerprint density at radius 3 is 2.37 bits per heavy atom. The average Bonchev–Trinajstić information content (AvgIpc) is 2.86. The SMILES string of the molecule is Cc1nc(CC(O)c2ccc(C(C)(C)C)s2)sc1C. The summed E-state index contributed by atoms with van der Waals surface area (Å²) in [4.78, 5) is 8.08. The lowest BCUT2D eigenvalue weighted by atomic mass is 9.95. The third-order valence-electron chi connectivity index (χ3n) is 3.14. The molecule has 0 saturated heterocycles. The summed E-state index contributed by atoms with van der Waals surface area (Å²) in [6.45, 7) is 10.7. The fourth-order valence-corrected chi connectivity index (χ4v) is 3.85. The summed E-state index contributed by atoms with van der Waals surface area (Å²) in [5.74, 6) is 0. The minimum absolute atomic E-state index is 0.150. The van der Waals surface area contributed by atoms with Gasteiger partial charge in [-0.3, -0.25) is 0 Å². The summed E-state index contributed by atoms with van der Waals surface area (Å²) < 4.78 is 0. The molecule has 0 spiro atoms. The van der Waals surface area contributed by atoms with Gasteiger partial charge in [0.15, 0.2) is 0 Å². The van der Waals surface area contributed by atoms with Crippen molar-refractivity contribution in [1.82, 2.24) is 4.98 Å². The van der Waals surface area contributed by atoms with Crippen LogP contribution in [0.4, 0.5) is 0 Å². The van der Waals surface area contributed by atoms with Gasteiger partial charge in [0.25, 0.3) is 0 Å². The van der Waals surface area contributed by atoms with Crippen molar-refractivity contribution >= 4 is 22.7 Å². The zero-order valence-corrected chi connectivity index (χ0v) is 13.8. The van der Waals surface area contributed by atoms with Gasteiger partial charge >= 0.3 is 0 Å². The highest BCUT2D eigenvalue weighted by atomic mass is 32.1. The molecule has 0 aliphatic heterocycles. The molecule has 2 nitrogen and oxygen atoms in total. The molecule has 0 aromatic carbocycles. The number of aliphatic hydroxyl groups is 1. The number of thiophene rings is 1. The van der Waals surface area contributed by atoms with E-state index < -0.39 is 6.10 Å². The number of hydrogen-bond donors (Lipinski definition) is 1. The summed E-state index contributed by atoms with van der Waals surface area (Å²) in [5, 5.41) is 11.4. The fourth-order valence-electron chi connectivity index (χ4n) is 1.83. The van der Waals surface area contributed by atoms with Gasteiger partial charge in [0.05, 0.1) is 16.8 Å². The predicted molar refractivity (Wildman–Crippen MR) is 83.3 cm³/mol. The standard InChI is InChI=1S/C15H21NOS2/c1-9-10(2)18-14(16-9)8-11(17)12-6-7-13(19-12)15(3,4)5/h6-7,11,17H,8H2,1-5H3. The van der Waals surface area contributed by atoms with Crippen molar-refractivity contribution < 1.29 is 5.11 Å². The lowest BCUT2D eigenvalue weighted by Gasteiger charge is -2.15. The fraction of sp³-hybridized carbons (Fsp3) is 0.533. The maximum absolute atomic E-state index is 10.3. The topological polar surface area (TPSA) is 33.1 Å². The highest BCUT2D eigenvalue weighted by Crippen LogP contribution is 2.33. The molecule has 0 aliphatic rings. The van der Waals surface area contributed by atoms with Gasteiger partial charge in [-0.2, -0.15) is 0 Å². The Balaban J connectivity index is 2.12. The van der Waals surface area contributed by atoms with E-state index in [1.165, 1.54) is 9.75 Å². The van der Waals surface area contributed by atoms with E-state index in [-0.39, 0.29) is 5.41 Å². The molecule has 0 bridgehead atoms. The van der Waals surface area contributed by atoms with Gasteiger partial charge < -0.3 is 5.11 Å². The van der Waals surface area contributed by atoms with Crippen LogP contribution in [0.25, 0.3) is 0 Å². The molecule has 1 atom stereocenters. The van der Waals surface area contributed by atoms with Crippen LogP contribution in [0.3, 0.4) is 0 Å². The summed E-state index contributed by atoms with van der Waals surface area (Å²) in [5.41, 5.74) is 1.23. The lowest BCUT2D eigenvalue weighted by Crippen LogP contribution is -2.07. The number of thiazole rings is 1.